The molecule has 0 atom stereocenters. The molecule has 0 radical (unpaired) electrons. The fraction of sp³-hybridized carbons (Fsp3) is 0.0556. The van der Waals surface area contributed by atoms with E-state index in [1.54, 1.807) is 0 Å². The van der Waals surface area contributed by atoms with Gasteiger partial charge in [-0.15, -0.1) is 0 Å². The third kappa shape index (κ3) is 5.01. The Morgan fingerprint density at radius 3 is 1.68 bits per heavy atom. The molecule has 0 saturated heterocycles. The molecule has 3 aromatic heterocycles. The maximum atomic E-state index is 7.03. The molecule has 0 saturated carbocycles. The fourth-order valence-electron chi connectivity index (χ4n) is 9.56. The molecular weight excluding hydrogens is 721 g/mol. The summed E-state index contributed by atoms with van der Waals surface area (Å²) in [7, 11) is 0. The molecule has 0 fully saturated rings. The molecule has 0 aliphatic heterocycles. The zero-order valence-corrected chi connectivity index (χ0v) is 32.5. The molecule has 8 aromatic carbocycles. The molecule has 0 amide bonds. The highest BCUT2D eigenvalue weighted by Gasteiger charge is 2.38. The van der Waals surface area contributed by atoms with E-state index in [9.17, 15) is 0 Å². The minimum Gasteiger partial charge on any atom is -0.455 e. The van der Waals surface area contributed by atoms with Crippen molar-refractivity contribution in [3.05, 3.63) is 193 Å². The van der Waals surface area contributed by atoms with E-state index in [1.807, 2.05) is 66.7 Å². The van der Waals surface area contributed by atoms with Gasteiger partial charge in [-0.1, -0.05) is 159 Å². The summed E-state index contributed by atoms with van der Waals surface area (Å²) in [6.45, 7) is 4.75. The van der Waals surface area contributed by atoms with Gasteiger partial charge in [0.1, 0.15) is 11.2 Å². The van der Waals surface area contributed by atoms with Gasteiger partial charge in [0.25, 0.3) is 0 Å². The van der Waals surface area contributed by atoms with E-state index >= 15 is 0 Å². The quantitative estimate of drug-likeness (QED) is 0.175. The lowest BCUT2D eigenvalue weighted by molar-refractivity contribution is 0.666. The van der Waals surface area contributed by atoms with Crippen LogP contribution in [-0.2, 0) is 5.41 Å². The molecular formula is C54H36N4O. The van der Waals surface area contributed by atoms with Crippen LogP contribution in [0.2, 0.25) is 0 Å². The SMILES string of the molecule is CC1(C)c2ccccc2-c2ccc3c(c21)c1cc(-c2cccc4c2oc2c(-c5nc(-c6ccccc6)nc(-c6ccccc6)n5)cccc24)ccc1n3-c1ccccc1. The van der Waals surface area contributed by atoms with E-state index in [1.165, 1.54) is 44.1 Å². The third-order valence-corrected chi connectivity index (χ3v) is 12.2. The Morgan fingerprint density at radius 2 is 0.983 bits per heavy atom. The van der Waals surface area contributed by atoms with Crippen LogP contribution in [0, 0.1) is 0 Å². The Balaban J connectivity index is 1.09. The maximum Gasteiger partial charge on any atom is 0.167 e. The van der Waals surface area contributed by atoms with Gasteiger partial charge >= 0.3 is 0 Å². The van der Waals surface area contributed by atoms with Crippen LogP contribution in [0.5, 0.6) is 0 Å². The van der Waals surface area contributed by atoms with E-state index in [-0.39, 0.29) is 5.41 Å². The first-order chi connectivity index (χ1) is 29.0. The van der Waals surface area contributed by atoms with Crippen molar-refractivity contribution >= 4 is 43.7 Å². The molecule has 0 N–H and O–H groups in total. The topological polar surface area (TPSA) is 56.7 Å². The molecule has 12 rings (SSSR count). The number of furan rings is 1. The molecule has 5 nitrogen and oxygen atoms in total. The number of benzene rings is 8. The molecule has 0 unspecified atom stereocenters. The van der Waals surface area contributed by atoms with E-state index in [0.29, 0.717) is 17.5 Å². The lowest BCUT2D eigenvalue weighted by atomic mass is 9.80. The minimum atomic E-state index is -0.178. The standard InChI is InChI=1S/C54H36N4O/c1-54(2)44-27-13-12-22-38(44)39-29-31-46-47(48(39)54)43-32-35(28-30-45(43)58(46)36-20-10-5-11-21-36)37-23-14-24-40-41-25-15-26-42(50(41)59-49(37)40)53-56-51(33-16-6-3-7-17-33)55-52(57-53)34-18-8-4-9-19-34/h3-32H,1-2H3. The van der Waals surface area contributed by atoms with Gasteiger partial charge in [0.15, 0.2) is 17.5 Å². The summed E-state index contributed by atoms with van der Waals surface area (Å²) >= 11 is 0. The molecule has 59 heavy (non-hydrogen) atoms. The first-order valence-corrected chi connectivity index (χ1v) is 20.1. The molecule has 5 heteroatoms. The van der Waals surface area contributed by atoms with Gasteiger partial charge in [0, 0.05) is 49.3 Å². The normalized spacial score (nSPS) is 13.1. The summed E-state index contributed by atoms with van der Waals surface area (Å²) in [5.74, 6) is 1.80. The minimum absolute atomic E-state index is 0.178. The van der Waals surface area contributed by atoms with Crippen molar-refractivity contribution in [2.45, 2.75) is 19.3 Å². The maximum absolute atomic E-state index is 7.03. The zero-order valence-electron chi connectivity index (χ0n) is 32.5. The summed E-state index contributed by atoms with van der Waals surface area (Å²) in [5.41, 5.74) is 15.1. The van der Waals surface area contributed by atoms with Gasteiger partial charge in [-0.2, -0.15) is 0 Å². The van der Waals surface area contributed by atoms with E-state index in [2.05, 4.69) is 134 Å². The Labute approximate surface area is 340 Å². The fourth-order valence-corrected chi connectivity index (χ4v) is 9.56. The molecule has 1 aliphatic carbocycles. The lowest BCUT2D eigenvalue weighted by Crippen LogP contribution is -2.15. The largest absolute Gasteiger partial charge is 0.455 e. The van der Waals surface area contributed by atoms with Gasteiger partial charge in [-0.25, -0.2) is 15.0 Å². The van der Waals surface area contributed by atoms with Crippen molar-refractivity contribution in [3.63, 3.8) is 0 Å². The van der Waals surface area contributed by atoms with Crippen molar-refractivity contribution in [2.75, 3.05) is 0 Å². The molecule has 0 spiro atoms. The van der Waals surface area contributed by atoms with Crippen LogP contribution in [0.25, 0.3) is 106 Å². The van der Waals surface area contributed by atoms with Crippen molar-refractivity contribution < 1.29 is 4.42 Å². The number of nitrogens with zero attached hydrogens (tertiary/aromatic N) is 4. The third-order valence-electron chi connectivity index (χ3n) is 12.2. The average molecular weight is 757 g/mol. The monoisotopic (exact) mass is 756 g/mol. The van der Waals surface area contributed by atoms with Gasteiger partial charge in [-0.3, -0.25) is 0 Å². The van der Waals surface area contributed by atoms with Crippen LogP contribution in [0.15, 0.2) is 186 Å². The summed E-state index contributed by atoms with van der Waals surface area (Å²) < 4.78 is 9.45. The zero-order chi connectivity index (χ0) is 39.2. The second-order valence-electron chi connectivity index (χ2n) is 16.0. The Hall–Kier alpha value is -7.63. The van der Waals surface area contributed by atoms with Crippen LogP contribution in [0.4, 0.5) is 0 Å². The number of hydrogen-bond donors (Lipinski definition) is 0. The summed E-state index contributed by atoms with van der Waals surface area (Å²) in [4.78, 5) is 15.1. The predicted octanol–water partition coefficient (Wildman–Crippen LogP) is 13.8. The number of aromatic nitrogens is 4. The first kappa shape index (κ1) is 33.5. The van der Waals surface area contributed by atoms with E-state index < -0.39 is 0 Å². The highest BCUT2D eigenvalue weighted by Crippen LogP contribution is 2.53. The van der Waals surface area contributed by atoms with Gasteiger partial charge < -0.3 is 8.98 Å². The summed E-state index contributed by atoms with van der Waals surface area (Å²) in [6.07, 6.45) is 0. The lowest BCUT2D eigenvalue weighted by Gasteiger charge is -2.22. The second kappa shape index (κ2) is 12.7. The molecule has 278 valence electrons. The molecule has 1 aliphatic rings. The van der Waals surface area contributed by atoms with Crippen LogP contribution >= 0.6 is 0 Å². The van der Waals surface area contributed by atoms with Crippen molar-refractivity contribution in [2.24, 2.45) is 0 Å². The smallest absolute Gasteiger partial charge is 0.167 e. The highest BCUT2D eigenvalue weighted by molar-refractivity contribution is 6.17. The average Bonchev–Trinajstić information content (AvgIpc) is 3.92. The van der Waals surface area contributed by atoms with Crippen molar-refractivity contribution in [3.8, 4) is 62.1 Å². The van der Waals surface area contributed by atoms with Gasteiger partial charge in [-0.05, 0) is 64.2 Å². The summed E-state index contributed by atoms with van der Waals surface area (Å²) in [5, 5.41) is 4.58. The Morgan fingerprint density at radius 1 is 0.424 bits per heavy atom. The molecule has 0 bridgehead atoms. The summed E-state index contributed by atoms with van der Waals surface area (Å²) in [6, 6.07) is 64.0. The van der Waals surface area contributed by atoms with Gasteiger partial charge in [0.2, 0.25) is 0 Å². The van der Waals surface area contributed by atoms with Crippen molar-refractivity contribution in [1.29, 1.82) is 0 Å². The highest BCUT2D eigenvalue weighted by atomic mass is 16.3. The van der Waals surface area contributed by atoms with Crippen molar-refractivity contribution in [1.82, 2.24) is 19.5 Å². The Bertz CT molecular complexity index is 3400. The van der Waals surface area contributed by atoms with E-state index in [0.717, 1.165) is 55.4 Å². The Kier molecular flexibility index (Phi) is 7.20. The molecule has 11 aromatic rings. The van der Waals surface area contributed by atoms with E-state index in [4.69, 9.17) is 19.4 Å². The number of hydrogen-bond acceptors (Lipinski definition) is 4. The van der Waals surface area contributed by atoms with Gasteiger partial charge in [0.05, 0.1) is 16.6 Å². The molecule has 3 heterocycles. The van der Waals surface area contributed by atoms with Crippen LogP contribution in [-0.4, -0.2) is 19.5 Å². The first-order valence-electron chi connectivity index (χ1n) is 20.1. The second-order valence-corrected chi connectivity index (χ2v) is 16.0. The number of fused-ring (bicyclic) bond motifs is 10. The number of rotatable bonds is 5. The number of para-hydroxylation sites is 3. The predicted molar refractivity (Wildman–Crippen MR) is 241 cm³/mol. The van der Waals surface area contributed by atoms with Crippen LogP contribution in [0.1, 0.15) is 25.0 Å². The van der Waals surface area contributed by atoms with Crippen LogP contribution < -0.4 is 0 Å². The van der Waals surface area contributed by atoms with Crippen LogP contribution in [0.3, 0.4) is 0 Å².